The molecule has 2 heterocycles. The Kier molecular flexibility index (Phi) is 5.51. The van der Waals surface area contributed by atoms with E-state index in [9.17, 15) is 4.79 Å². The lowest BCUT2D eigenvalue weighted by Gasteiger charge is -2.02. The number of unbranched alkanes of at least 4 members (excludes halogenated alkanes) is 3. The number of fused-ring (bicyclic) bond motifs is 1. The monoisotopic (exact) mass is 344 g/mol. The van der Waals surface area contributed by atoms with Crippen molar-refractivity contribution in [1.82, 2.24) is 9.97 Å². The molecule has 2 aromatic heterocycles. The molecular weight excluding hydrogens is 324 g/mol. The maximum atomic E-state index is 12.5. The van der Waals surface area contributed by atoms with E-state index in [0.717, 1.165) is 26.9 Å². The summed E-state index contributed by atoms with van der Waals surface area (Å²) in [4.78, 5) is 20.9. The molecule has 0 aliphatic carbocycles. The SMILES string of the molecule is CCCCCCSc1nc2scc(-c3ccccc3)c2c(=O)[nH]1. The molecule has 0 radical (unpaired) electrons. The quantitative estimate of drug-likeness (QED) is 0.358. The van der Waals surface area contributed by atoms with Gasteiger partial charge in [-0.05, 0) is 12.0 Å². The van der Waals surface area contributed by atoms with Crippen LogP contribution in [0.4, 0.5) is 0 Å². The molecule has 0 fully saturated rings. The molecule has 0 saturated carbocycles. The highest BCUT2D eigenvalue weighted by Crippen LogP contribution is 2.31. The first-order valence-electron chi connectivity index (χ1n) is 7.99. The zero-order chi connectivity index (χ0) is 16.1. The summed E-state index contributed by atoms with van der Waals surface area (Å²) in [6, 6.07) is 10.0. The molecule has 0 amide bonds. The number of aromatic amines is 1. The first-order valence-corrected chi connectivity index (χ1v) is 9.86. The first kappa shape index (κ1) is 16.3. The Hall–Kier alpha value is -1.59. The van der Waals surface area contributed by atoms with Gasteiger partial charge in [-0.2, -0.15) is 0 Å². The number of thioether (sulfide) groups is 1. The smallest absolute Gasteiger partial charge is 0.260 e. The molecule has 0 spiro atoms. The van der Waals surface area contributed by atoms with Gasteiger partial charge in [0, 0.05) is 16.7 Å². The van der Waals surface area contributed by atoms with Crippen molar-refractivity contribution in [2.45, 2.75) is 37.8 Å². The van der Waals surface area contributed by atoms with Gasteiger partial charge in [0.1, 0.15) is 4.83 Å². The Balaban J connectivity index is 1.82. The van der Waals surface area contributed by atoms with Gasteiger partial charge in [-0.1, -0.05) is 68.3 Å². The van der Waals surface area contributed by atoms with Gasteiger partial charge in [0.05, 0.1) is 5.39 Å². The molecular formula is C18H20N2OS2. The fraction of sp³-hybridized carbons (Fsp3) is 0.333. The maximum Gasteiger partial charge on any atom is 0.260 e. The second kappa shape index (κ2) is 7.79. The van der Waals surface area contributed by atoms with Gasteiger partial charge < -0.3 is 4.98 Å². The molecule has 1 N–H and O–H groups in total. The number of aromatic nitrogens is 2. The third-order valence-electron chi connectivity index (χ3n) is 3.74. The van der Waals surface area contributed by atoms with Gasteiger partial charge in [0.2, 0.25) is 0 Å². The van der Waals surface area contributed by atoms with E-state index in [4.69, 9.17) is 0 Å². The van der Waals surface area contributed by atoms with E-state index in [1.54, 1.807) is 23.1 Å². The lowest BCUT2D eigenvalue weighted by Crippen LogP contribution is -2.08. The predicted molar refractivity (Wildman–Crippen MR) is 101 cm³/mol. The van der Waals surface area contributed by atoms with Crippen LogP contribution in [0.15, 0.2) is 45.7 Å². The number of benzene rings is 1. The minimum absolute atomic E-state index is 0.0360. The largest absolute Gasteiger partial charge is 0.301 e. The van der Waals surface area contributed by atoms with Gasteiger partial charge in [0.15, 0.2) is 5.16 Å². The van der Waals surface area contributed by atoms with Crippen LogP contribution in [-0.2, 0) is 0 Å². The summed E-state index contributed by atoms with van der Waals surface area (Å²) >= 11 is 3.18. The highest BCUT2D eigenvalue weighted by molar-refractivity contribution is 7.99. The van der Waals surface area contributed by atoms with Crippen molar-refractivity contribution >= 4 is 33.3 Å². The van der Waals surface area contributed by atoms with E-state index in [-0.39, 0.29) is 5.56 Å². The van der Waals surface area contributed by atoms with Gasteiger partial charge >= 0.3 is 0 Å². The van der Waals surface area contributed by atoms with Crippen LogP contribution in [0.2, 0.25) is 0 Å². The average molecular weight is 345 g/mol. The van der Waals surface area contributed by atoms with E-state index in [1.807, 2.05) is 35.7 Å². The van der Waals surface area contributed by atoms with Crippen LogP contribution in [0.1, 0.15) is 32.6 Å². The van der Waals surface area contributed by atoms with Crippen molar-refractivity contribution in [2.75, 3.05) is 5.75 Å². The highest BCUT2D eigenvalue weighted by Gasteiger charge is 2.12. The van der Waals surface area contributed by atoms with Crippen molar-refractivity contribution in [2.24, 2.45) is 0 Å². The third-order valence-corrected chi connectivity index (χ3v) is 5.58. The van der Waals surface area contributed by atoms with E-state index in [2.05, 4.69) is 16.9 Å². The number of rotatable bonds is 7. The van der Waals surface area contributed by atoms with E-state index in [0.29, 0.717) is 5.39 Å². The molecule has 3 nitrogen and oxygen atoms in total. The molecule has 1 aromatic carbocycles. The zero-order valence-electron chi connectivity index (χ0n) is 13.2. The molecule has 0 aliphatic heterocycles. The van der Waals surface area contributed by atoms with Crippen LogP contribution < -0.4 is 5.56 Å². The molecule has 0 saturated heterocycles. The van der Waals surface area contributed by atoms with Crippen molar-refractivity contribution in [3.63, 3.8) is 0 Å². The molecule has 0 aliphatic rings. The van der Waals surface area contributed by atoms with Crippen LogP contribution in [0.3, 0.4) is 0 Å². The van der Waals surface area contributed by atoms with Crippen molar-refractivity contribution in [3.8, 4) is 11.1 Å². The molecule has 3 aromatic rings. The molecule has 0 unspecified atom stereocenters. The molecule has 120 valence electrons. The minimum atomic E-state index is -0.0360. The molecule has 0 bridgehead atoms. The average Bonchev–Trinajstić information content (AvgIpc) is 3.00. The Morgan fingerprint density at radius 1 is 1.17 bits per heavy atom. The summed E-state index contributed by atoms with van der Waals surface area (Å²) in [7, 11) is 0. The van der Waals surface area contributed by atoms with Gasteiger partial charge in [-0.3, -0.25) is 4.79 Å². The lowest BCUT2D eigenvalue weighted by atomic mass is 10.1. The van der Waals surface area contributed by atoms with Crippen LogP contribution in [0, 0.1) is 0 Å². The molecule has 5 heteroatoms. The van der Waals surface area contributed by atoms with Gasteiger partial charge in [-0.15, -0.1) is 11.3 Å². The Morgan fingerprint density at radius 2 is 2.00 bits per heavy atom. The fourth-order valence-corrected chi connectivity index (χ4v) is 4.39. The van der Waals surface area contributed by atoms with Crippen LogP contribution >= 0.6 is 23.1 Å². The number of hydrogen-bond donors (Lipinski definition) is 1. The second-order valence-electron chi connectivity index (χ2n) is 5.48. The number of nitrogens with one attached hydrogen (secondary N) is 1. The predicted octanol–water partition coefficient (Wildman–Crippen LogP) is 5.32. The maximum absolute atomic E-state index is 12.5. The summed E-state index contributed by atoms with van der Waals surface area (Å²) in [6.45, 7) is 2.21. The fourth-order valence-electron chi connectivity index (χ4n) is 2.53. The summed E-state index contributed by atoms with van der Waals surface area (Å²) in [5.74, 6) is 1.01. The first-order chi connectivity index (χ1) is 11.3. The highest BCUT2D eigenvalue weighted by atomic mass is 32.2. The van der Waals surface area contributed by atoms with Crippen LogP contribution in [0.5, 0.6) is 0 Å². The third kappa shape index (κ3) is 3.85. The Bertz CT molecular complexity index is 824. The summed E-state index contributed by atoms with van der Waals surface area (Å²) in [5, 5.41) is 3.47. The Labute approximate surface area is 144 Å². The van der Waals surface area contributed by atoms with Crippen LogP contribution in [0.25, 0.3) is 21.3 Å². The van der Waals surface area contributed by atoms with E-state index >= 15 is 0 Å². The summed E-state index contributed by atoms with van der Waals surface area (Å²) < 4.78 is 0. The number of nitrogens with zero attached hydrogens (tertiary/aromatic N) is 1. The summed E-state index contributed by atoms with van der Waals surface area (Å²) in [6.07, 6.45) is 4.92. The lowest BCUT2D eigenvalue weighted by molar-refractivity contribution is 0.706. The Morgan fingerprint density at radius 3 is 2.78 bits per heavy atom. The van der Waals surface area contributed by atoms with Crippen LogP contribution in [-0.4, -0.2) is 15.7 Å². The summed E-state index contributed by atoms with van der Waals surface area (Å²) in [5.41, 5.74) is 2.00. The van der Waals surface area contributed by atoms with E-state index < -0.39 is 0 Å². The zero-order valence-corrected chi connectivity index (χ0v) is 14.8. The molecule has 23 heavy (non-hydrogen) atoms. The number of H-pyrrole nitrogens is 1. The molecule has 3 rings (SSSR count). The number of thiophene rings is 1. The van der Waals surface area contributed by atoms with Crippen molar-refractivity contribution in [1.29, 1.82) is 0 Å². The second-order valence-corrected chi connectivity index (χ2v) is 7.42. The van der Waals surface area contributed by atoms with Crippen molar-refractivity contribution in [3.05, 3.63) is 46.1 Å². The molecule has 0 atom stereocenters. The topological polar surface area (TPSA) is 45.8 Å². The standard InChI is InChI=1S/C18H20N2OS2/c1-2-3-4-8-11-22-18-19-16(21)15-14(12-23-17(15)20-18)13-9-6-5-7-10-13/h5-7,9-10,12H,2-4,8,11H2,1H3,(H,19,20,21). The normalized spacial score (nSPS) is 11.2. The van der Waals surface area contributed by atoms with Gasteiger partial charge in [0.25, 0.3) is 5.56 Å². The van der Waals surface area contributed by atoms with Gasteiger partial charge in [-0.25, -0.2) is 4.98 Å². The van der Waals surface area contributed by atoms with E-state index in [1.165, 1.54) is 25.7 Å². The number of hydrogen-bond acceptors (Lipinski definition) is 4. The van der Waals surface area contributed by atoms with Crippen molar-refractivity contribution < 1.29 is 0 Å². The minimum Gasteiger partial charge on any atom is -0.301 e.